The van der Waals surface area contributed by atoms with E-state index in [1.54, 1.807) is 0 Å². The number of hydrogen-bond donors (Lipinski definition) is 1. The maximum absolute atomic E-state index is 3.67. The molecule has 2 saturated heterocycles. The summed E-state index contributed by atoms with van der Waals surface area (Å²) in [6.45, 7) is 6.35. The Labute approximate surface area is 119 Å². The summed E-state index contributed by atoms with van der Waals surface area (Å²) in [5.41, 5.74) is 0. The zero-order chi connectivity index (χ0) is 13.5. The minimum Gasteiger partial charge on any atom is -0.317 e. The molecule has 112 valence electrons. The molecule has 2 rings (SSSR count). The topological polar surface area (TPSA) is 18.5 Å². The second-order valence-electron chi connectivity index (χ2n) is 6.70. The van der Waals surface area contributed by atoms with Crippen LogP contribution in [0.3, 0.4) is 0 Å². The van der Waals surface area contributed by atoms with Gasteiger partial charge in [0.1, 0.15) is 0 Å². The lowest BCUT2D eigenvalue weighted by molar-refractivity contribution is 0.174. The van der Waals surface area contributed by atoms with Gasteiger partial charge in [-0.2, -0.15) is 0 Å². The van der Waals surface area contributed by atoms with Crippen LogP contribution in [0, 0.1) is 5.92 Å². The number of piperidine rings is 2. The summed E-state index contributed by atoms with van der Waals surface area (Å²) < 4.78 is 0. The lowest BCUT2D eigenvalue weighted by atomic mass is 9.94. The van der Waals surface area contributed by atoms with Crippen LogP contribution in [0.5, 0.6) is 0 Å². The Balaban J connectivity index is 1.48. The van der Waals surface area contributed by atoms with Crippen LogP contribution in [-0.2, 0) is 0 Å². The van der Waals surface area contributed by atoms with Crippen LogP contribution in [0.1, 0.15) is 44.9 Å². The fourth-order valence-electron chi connectivity index (χ4n) is 3.56. The number of nitrogens with one attached hydrogen (secondary N) is 1. The SMILES string of the molecule is CN1CCC(CCNCCC2CCCCN2C)CC1. The molecule has 2 aliphatic rings. The minimum atomic E-state index is 0.838. The first-order valence-electron chi connectivity index (χ1n) is 8.35. The van der Waals surface area contributed by atoms with Crippen molar-refractivity contribution in [3.8, 4) is 0 Å². The average molecular weight is 267 g/mol. The zero-order valence-electron chi connectivity index (χ0n) is 13.0. The summed E-state index contributed by atoms with van der Waals surface area (Å²) in [5.74, 6) is 0.973. The lowest BCUT2D eigenvalue weighted by Gasteiger charge is -2.32. The standard InChI is InChI=1S/C16H33N3/c1-18-13-8-15(9-14-18)6-10-17-11-7-16-5-3-4-12-19(16)2/h15-17H,3-14H2,1-2H3. The van der Waals surface area contributed by atoms with Gasteiger partial charge >= 0.3 is 0 Å². The number of rotatable bonds is 6. The summed E-state index contributed by atoms with van der Waals surface area (Å²) in [6, 6.07) is 0.838. The van der Waals surface area contributed by atoms with Crippen molar-refractivity contribution < 1.29 is 0 Å². The Hall–Kier alpha value is -0.120. The Morgan fingerprint density at radius 3 is 2.37 bits per heavy atom. The average Bonchev–Trinajstić information content (AvgIpc) is 2.42. The third-order valence-electron chi connectivity index (χ3n) is 5.14. The normalized spacial score (nSPS) is 27.8. The third kappa shape index (κ3) is 5.41. The summed E-state index contributed by atoms with van der Waals surface area (Å²) in [7, 11) is 4.54. The van der Waals surface area contributed by atoms with E-state index < -0.39 is 0 Å². The van der Waals surface area contributed by atoms with Gasteiger partial charge in [0.25, 0.3) is 0 Å². The second-order valence-corrected chi connectivity index (χ2v) is 6.70. The molecule has 2 aliphatic heterocycles. The van der Waals surface area contributed by atoms with Crippen LogP contribution >= 0.6 is 0 Å². The van der Waals surface area contributed by atoms with Gasteiger partial charge in [-0.25, -0.2) is 0 Å². The lowest BCUT2D eigenvalue weighted by Crippen LogP contribution is -2.38. The Bertz CT molecular complexity index is 236. The van der Waals surface area contributed by atoms with Crippen molar-refractivity contribution in [1.29, 1.82) is 0 Å². The van der Waals surface area contributed by atoms with E-state index >= 15 is 0 Å². The van der Waals surface area contributed by atoms with Crippen molar-refractivity contribution in [1.82, 2.24) is 15.1 Å². The number of likely N-dealkylation sites (tertiary alicyclic amines) is 2. The van der Waals surface area contributed by atoms with Crippen molar-refractivity contribution in [2.75, 3.05) is 46.8 Å². The molecule has 0 aliphatic carbocycles. The van der Waals surface area contributed by atoms with Gasteiger partial charge in [0.05, 0.1) is 0 Å². The molecule has 0 spiro atoms. The first kappa shape index (κ1) is 15.3. The predicted molar refractivity (Wildman–Crippen MR) is 82.6 cm³/mol. The molecule has 19 heavy (non-hydrogen) atoms. The third-order valence-corrected chi connectivity index (χ3v) is 5.14. The fraction of sp³-hybridized carbons (Fsp3) is 1.00. The van der Waals surface area contributed by atoms with Gasteiger partial charge in [0.15, 0.2) is 0 Å². The molecule has 1 unspecified atom stereocenters. The highest BCUT2D eigenvalue weighted by Gasteiger charge is 2.18. The molecule has 3 heteroatoms. The van der Waals surface area contributed by atoms with Crippen molar-refractivity contribution in [2.24, 2.45) is 5.92 Å². The van der Waals surface area contributed by atoms with Crippen molar-refractivity contribution in [3.05, 3.63) is 0 Å². The Morgan fingerprint density at radius 2 is 1.63 bits per heavy atom. The maximum Gasteiger partial charge on any atom is 0.0104 e. The van der Waals surface area contributed by atoms with E-state index in [0.29, 0.717) is 0 Å². The van der Waals surface area contributed by atoms with Crippen LogP contribution in [0.2, 0.25) is 0 Å². The van der Waals surface area contributed by atoms with Crippen LogP contribution < -0.4 is 5.32 Å². The van der Waals surface area contributed by atoms with E-state index in [1.165, 1.54) is 77.7 Å². The van der Waals surface area contributed by atoms with E-state index in [9.17, 15) is 0 Å². The van der Waals surface area contributed by atoms with E-state index in [-0.39, 0.29) is 0 Å². The van der Waals surface area contributed by atoms with Gasteiger partial charge in [0, 0.05) is 6.04 Å². The molecule has 0 aromatic carbocycles. The minimum absolute atomic E-state index is 0.838. The summed E-state index contributed by atoms with van der Waals surface area (Å²) in [4.78, 5) is 5.02. The monoisotopic (exact) mass is 267 g/mol. The summed E-state index contributed by atoms with van der Waals surface area (Å²) in [6.07, 6.45) is 9.78. The van der Waals surface area contributed by atoms with Crippen LogP contribution in [0.15, 0.2) is 0 Å². The number of hydrogen-bond acceptors (Lipinski definition) is 3. The fourth-order valence-corrected chi connectivity index (χ4v) is 3.56. The number of nitrogens with zero attached hydrogens (tertiary/aromatic N) is 2. The van der Waals surface area contributed by atoms with Crippen LogP contribution in [0.4, 0.5) is 0 Å². The van der Waals surface area contributed by atoms with Crippen molar-refractivity contribution in [3.63, 3.8) is 0 Å². The molecule has 0 aromatic heterocycles. The largest absolute Gasteiger partial charge is 0.317 e. The van der Waals surface area contributed by atoms with Gasteiger partial charge in [-0.3, -0.25) is 0 Å². The van der Waals surface area contributed by atoms with Crippen LogP contribution in [0.25, 0.3) is 0 Å². The maximum atomic E-state index is 3.67. The van der Waals surface area contributed by atoms with E-state index in [2.05, 4.69) is 29.2 Å². The predicted octanol–water partition coefficient (Wildman–Crippen LogP) is 2.18. The molecule has 2 heterocycles. The first-order chi connectivity index (χ1) is 9.25. The van der Waals surface area contributed by atoms with Gasteiger partial charge in [0.2, 0.25) is 0 Å². The Morgan fingerprint density at radius 1 is 0.895 bits per heavy atom. The summed E-state index contributed by atoms with van der Waals surface area (Å²) in [5, 5.41) is 3.67. The second kappa shape index (κ2) is 8.23. The summed E-state index contributed by atoms with van der Waals surface area (Å²) >= 11 is 0. The molecule has 0 amide bonds. The molecule has 0 saturated carbocycles. The molecular formula is C16H33N3. The first-order valence-corrected chi connectivity index (χ1v) is 8.35. The van der Waals surface area contributed by atoms with E-state index in [4.69, 9.17) is 0 Å². The Kier molecular flexibility index (Phi) is 6.62. The molecule has 2 fully saturated rings. The van der Waals surface area contributed by atoms with Gasteiger partial charge in [-0.05, 0) is 91.3 Å². The molecule has 0 bridgehead atoms. The van der Waals surface area contributed by atoms with Crippen LogP contribution in [-0.4, -0.2) is 62.7 Å². The zero-order valence-corrected chi connectivity index (χ0v) is 13.0. The van der Waals surface area contributed by atoms with Gasteiger partial charge < -0.3 is 15.1 Å². The highest BCUT2D eigenvalue weighted by atomic mass is 15.1. The van der Waals surface area contributed by atoms with Crippen molar-refractivity contribution >= 4 is 0 Å². The molecule has 0 aromatic rings. The van der Waals surface area contributed by atoms with Gasteiger partial charge in [-0.15, -0.1) is 0 Å². The smallest absolute Gasteiger partial charge is 0.0104 e. The molecule has 1 N–H and O–H groups in total. The molecule has 1 atom stereocenters. The molecule has 0 radical (unpaired) electrons. The van der Waals surface area contributed by atoms with Crippen molar-refractivity contribution in [2.45, 2.75) is 51.0 Å². The molecule has 3 nitrogen and oxygen atoms in total. The quantitative estimate of drug-likeness (QED) is 0.744. The highest BCUT2D eigenvalue weighted by molar-refractivity contribution is 4.75. The van der Waals surface area contributed by atoms with E-state index in [1.807, 2.05) is 0 Å². The highest BCUT2D eigenvalue weighted by Crippen LogP contribution is 2.19. The molecular weight excluding hydrogens is 234 g/mol. The van der Waals surface area contributed by atoms with E-state index in [0.717, 1.165) is 12.0 Å². The van der Waals surface area contributed by atoms with Gasteiger partial charge in [-0.1, -0.05) is 6.42 Å².